The number of carbonyl (C=O) groups is 1. The molecule has 2 N–H and O–H groups in total. The number of benzene rings is 1. The lowest BCUT2D eigenvalue weighted by Crippen LogP contribution is -2.46. The fraction of sp³-hybridized carbons (Fsp3) is 0.391. The van der Waals surface area contributed by atoms with Crippen LogP contribution in [-0.2, 0) is 19.1 Å². The van der Waals surface area contributed by atoms with Gasteiger partial charge in [-0.15, -0.1) is 0 Å². The Kier molecular flexibility index (Phi) is 5.27. The smallest absolute Gasteiger partial charge is 0.433 e. The molecule has 11 heteroatoms. The maximum absolute atomic E-state index is 14.0. The molecular weight excluding hydrogens is 459 g/mol. The van der Waals surface area contributed by atoms with Gasteiger partial charge in [-0.3, -0.25) is 9.78 Å². The number of hydrogen-bond donors (Lipinski definition) is 2. The Morgan fingerprint density at radius 1 is 1.26 bits per heavy atom. The average Bonchev–Trinajstić information content (AvgIpc) is 3.29. The van der Waals surface area contributed by atoms with Crippen molar-refractivity contribution in [1.29, 1.82) is 0 Å². The second-order valence-electron chi connectivity index (χ2n) is 8.64. The molecule has 2 aliphatic heterocycles. The molecular formula is C23H21F5N4O2. The molecule has 1 aromatic carbocycles. The molecule has 1 unspecified atom stereocenters. The Morgan fingerprint density at radius 3 is 2.76 bits per heavy atom. The zero-order valence-electron chi connectivity index (χ0n) is 18.1. The van der Waals surface area contributed by atoms with Gasteiger partial charge in [0.05, 0.1) is 12.1 Å². The van der Waals surface area contributed by atoms with Crippen molar-refractivity contribution in [2.24, 2.45) is 0 Å². The summed E-state index contributed by atoms with van der Waals surface area (Å²) in [5, 5.41) is 5.42. The predicted octanol–water partition coefficient (Wildman–Crippen LogP) is 4.05. The Hall–Kier alpha value is -3.21. The summed E-state index contributed by atoms with van der Waals surface area (Å²) in [5.41, 5.74) is 1.63. The molecule has 1 fully saturated rings. The van der Waals surface area contributed by atoms with Gasteiger partial charge in [-0.05, 0) is 48.7 Å². The summed E-state index contributed by atoms with van der Waals surface area (Å²) >= 11 is 0. The van der Waals surface area contributed by atoms with Crippen LogP contribution in [0.1, 0.15) is 32.9 Å². The third-order valence-corrected chi connectivity index (χ3v) is 6.35. The molecule has 180 valence electrons. The first-order valence-corrected chi connectivity index (χ1v) is 10.8. The molecule has 2 aliphatic rings. The molecule has 0 spiro atoms. The molecule has 34 heavy (non-hydrogen) atoms. The maximum atomic E-state index is 14.0. The molecule has 1 atom stereocenters. The minimum atomic E-state index is -4.53. The number of halogens is 5. The van der Waals surface area contributed by atoms with Gasteiger partial charge in [-0.2, -0.15) is 13.2 Å². The number of fused-ring (bicyclic) bond motifs is 2. The van der Waals surface area contributed by atoms with Crippen LogP contribution in [0.2, 0.25) is 0 Å². The number of aromatic nitrogens is 1. The van der Waals surface area contributed by atoms with Crippen molar-refractivity contribution in [3.05, 3.63) is 58.6 Å². The Morgan fingerprint density at radius 2 is 2.06 bits per heavy atom. The van der Waals surface area contributed by atoms with Gasteiger partial charge in [-0.1, -0.05) is 0 Å². The summed E-state index contributed by atoms with van der Waals surface area (Å²) in [6.45, 7) is 1.83. The van der Waals surface area contributed by atoms with Crippen LogP contribution in [0.5, 0.6) is 0 Å². The van der Waals surface area contributed by atoms with Crippen LogP contribution < -0.4 is 15.5 Å². The van der Waals surface area contributed by atoms with E-state index in [4.69, 9.17) is 4.42 Å². The molecule has 4 heterocycles. The van der Waals surface area contributed by atoms with Gasteiger partial charge in [-0.25, -0.2) is 8.78 Å². The molecule has 1 amide bonds. The van der Waals surface area contributed by atoms with Crippen molar-refractivity contribution < 1.29 is 31.2 Å². The highest BCUT2D eigenvalue weighted by Crippen LogP contribution is 2.34. The molecule has 0 saturated carbocycles. The number of hydrogen-bond acceptors (Lipinski definition) is 5. The third-order valence-electron chi connectivity index (χ3n) is 6.35. The highest BCUT2D eigenvalue weighted by atomic mass is 19.4. The van der Waals surface area contributed by atoms with E-state index in [1.807, 2.05) is 4.90 Å². The number of pyridine rings is 1. The lowest BCUT2D eigenvalue weighted by Gasteiger charge is -2.31. The first kappa shape index (κ1) is 22.6. The summed E-state index contributed by atoms with van der Waals surface area (Å²) in [6, 6.07) is 4.88. The lowest BCUT2D eigenvalue weighted by molar-refractivity contribution is -0.141. The van der Waals surface area contributed by atoms with Gasteiger partial charge in [0, 0.05) is 36.9 Å². The average molecular weight is 480 g/mol. The molecule has 2 aromatic heterocycles. The summed E-state index contributed by atoms with van der Waals surface area (Å²) in [6.07, 6.45) is -2.74. The standard InChI is InChI=1S/C23H21F5N4O2/c1-12-20(21(33)31-19-9-29-11-22(19,24)25)16-7-15(2-3-17(16)34-12)32-5-4-13-8-30-18(23(26,27)28)6-14(13)10-32/h2-3,6-8,19,29H,4-5,9-11H2,1H3,(H,31,33). The molecule has 1 saturated heterocycles. The van der Waals surface area contributed by atoms with Crippen molar-refractivity contribution in [3.63, 3.8) is 0 Å². The van der Waals surface area contributed by atoms with Gasteiger partial charge < -0.3 is 20.0 Å². The van der Waals surface area contributed by atoms with E-state index < -0.39 is 36.3 Å². The summed E-state index contributed by atoms with van der Waals surface area (Å²) < 4.78 is 72.9. The van der Waals surface area contributed by atoms with Gasteiger partial charge >= 0.3 is 6.18 Å². The van der Waals surface area contributed by atoms with Crippen molar-refractivity contribution in [2.75, 3.05) is 24.5 Å². The number of carbonyl (C=O) groups excluding carboxylic acids is 1. The Bertz CT molecular complexity index is 1270. The molecule has 0 aliphatic carbocycles. The summed E-state index contributed by atoms with van der Waals surface area (Å²) in [5.74, 6) is -3.42. The zero-order chi connectivity index (χ0) is 24.3. The summed E-state index contributed by atoms with van der Waals surface area (Å²) in [7, 11) is 0. The van der Waals surface area contributed by atoms with Gasteiger partial charge in [0.2, 0.25) is 0 Å². The van der Waals surface area contributed by atoms with Crippen LogP contribution in [0.25, 0.3) is 11.0 Å². The van der Waals surface area contributed by atoms with Crippen molar-refractivity contribution >= 4 is 22.6 Å². The number of nitrogens with one attached hydrogen (secondary N) is 2. The van der Waals surface area contributed by atoms with Crippen LogP contribution in [0, 0.1) is 6.92 Å². The number of amides is 1. The van der Waals surface area contributed by atoms with Crippen LogP contribution in [0.15, 0.2) is 34.9 Å². The van der Waals surface area contributed by atoms with E-state index in [9.17, 15) is 26.7 Å². The first-order chi connectivity index (χ1) is 16.0. The molecule has 5 rings (SSSR count). The van der Waals surface area contributed by atoms with E-state index in [0.717, 1.165) is 11.6 Å². The number of aryl methyl sites for hydroxylation is 1. The topological polar surface area (TPSA) is 70.4 Å². The van der Waals surface area contributed by atoms with Crippen molar-refractivity contribution in [1.82, 2.24) is 15.6 Å². The Balaban J connectivity index is 1.44. The van der Waals surface area contributed by atoms with Gasteiger partial charge in [0.1, 0.15) is 23.1 Å². The van der Waals surface area contributed by atoms with Gasteiger partial charge in [0.25, 0.3) is 11.8 Å². The number of alkyl halides is 5. The van der Waals surface area contributed by atoms with Crippen LogP contribution in [-0.4, -0.2) is 42.5 Å². The predicted molar refractivity (Wildman–Crippen MR) is 114 cm³/mol. The van der Waals surface area contributed by atoms with E-state index in [1.165, 1.54) is 6.20 Å². The van der Waals surface area contributed by atoms with Gasteiger partial charge in [0.15, 0.2) is 0 Å². The number of furan rings is 1. The summed E-state index contributed by atoms with van der Waals surface area (Å²) in [4.78, 5) is 18.3. The van der Waals surface area contributed by atoms with E-state index in [2.05, 4.69) is 15.6 Å². The third kappa shape index (κ3) is 3.97. The SMILES string of the molecule is Cc1oc2ccc(N3CCc4cnc(C(F)(F)F)cc4C3)cc2c1C(=O)NC1CNCC1(F)F. The fourth-order valence-corrected chi connectivity index (χ4v) is 4.54. The first-order valence-electron chi connectivity index (χ1n) is 10.8. The Labute approximate surface area is 191 Å². The van der Waals surface area contributed by atoms with Crippen LogP contribution >= 0.6 is 0 Å². The number of rotatable bonds is 3. The molecule has 0 bridgehead atoms. The largest absolute Gasteiger partial charge is 0.461 e. The normalized spacial score (nSPS) is 19.9. The van der Waals surface area contributed by atoms with E-state index in [0.29, 0.717) is 40.9 Å². The second-order valence-corrected chi connectivity index (χ2v) is 8.64. The van der Waals surface area contributed by atoms with Crippen molar-refractivity contribution in [2.45, 2.75) is 38.0 Å². The fourth-order valence-electron chi connectivity index (χ4n) is 4.54. The quantitative estimate of drug-likeness (QED) is 0.554. The monoisotopic (exact) mass is 480 g/mol. The number of nitrogens with zero attached hydrogens (tertiary/aromatic N) is 2. The zero-order valence-corrected chi connectivity index (χ0v) is 18.1. The molecule has 3 aromatic rings. The second kappa shape index (κ2) is 7.93. The highest BCUT2D eigenvalue weighted by molar-refractivity contribution is 6.08. The minimum absolute atomic E-state index is 0.0409. The van der Waals surface area contributed by atoms with Crippen LogP contribution in [0.4, 0.5) is 27.6 Å². The van der Waals surface area contributed by atoms with Crippen molar-refractivity contribution in [3.8, 4) is 0 Å². The minimum Gasteiger partial charge on any atom is -0.461 e. The maximum Gasteiger partial charge on any atom is 0.433 e. The molecule has 0 radical (unpaired) electrons. The van der Waals surface area contributed by atoms with E-state index in [1.54, 1.807) is 25.1 Å². The van der Waals surface area contributed by atoms with E-state index in [-0.39, 0.29) is 18.7 Å². The number of anilines is 1. The lowest BCUT2D eigenvalue weighted by atomic mass is 10.00. The highest BCUT2D eigenvalue weighted by Gasteiger charge is 2.45. The molecule has 6 nitrogen and oxygen atoms in total. The van der Waals surface area contributed by atoms with E-state index >= 15 is 0 Å². The van der Waals surface area contributed by atoms with Crippen LogP contribution in [0.3, 0.4) is 0 Å².